The van der Waals surface area contributed by atoms with Gasteiger partial charge in [0.2, 0.25) is 0 Å². The molecule has 0 saturated carbocycles. The number of rotatable bonds is 2. The maximum absolute atomic E-state index is 5.37. The highest BCUT2D eigenvalue weighted by Gasteiger charge is 2.12. The van der Waals surface area contributed by atoms with Gasteiger partial charge in [0.15, 0.2) is 10.6 Å². The summed E-state index contributed by atoms with van der Waals surface area (Å²) in [5, 5.41) is 9.25. The van der Waals surface area contributed by atoms with Gasteiger partial charge in [0.05, 0.1) is 26.3 Å². The van der Waals surface area contributed by atoms with Crippen LogP contribution in [-0.4, -0.2) is 19.7 Å². The fourth-order valence-electron chi connectivity index (χ4n) is 2.09. The molecule has 20 heavy (non-hydrogen) atoms. The normalized spacial score (nSPS) is 11.2. The van der Waals surface area contributed by atoms with E-state index in [0.29, 0.717) is 4.77 Å². The first-order valence-corrected chi connectivity index (χ1v) is 8.04. The van der Waals surface area contributed by atoms with E-state index in [1.165, 1.54) is 0 Å². The number of fused-ring (bicyclic) bond motifs is 1. The molecular weight excluding hydrogens is 308 g/mol. The summed E-state index contributed by atoms with van der Waals surface area (Å²) < 4.78 is 3.69. The second-order valence-electron chi connectivity index (χ2n) is 4.17. The molecule has 0 spiro atoms. The van der Waals surface area contributed by atoms with Crippen LogP contribution in [0.3, 0.4) is 0 Å². The van der Waals surface area contributed by atoms with Crippen LogP contribution in [0.5, 0.6) is 0 Å². The third kappa shape index (κ3) is 1.82. The highest BCUT2D eigenvalue weighted by Crippen LogP contribution is 2.27. The van der Waals surface area contributed by atoms with Gasteiger partial charge in [0.1, 0.15) is 0 Å². The van der Waals surface area contributed by atoms with Gasteiger partial charge in [0, 0.05) is 0 Å². The molecule has 0 saturated heterocycles. The smallest absolute Gasteiger partial charge is 0.200 e. The molecule has 3 aromatic heterocycles. The average Bonchev–Trinajstić information content (AvgIpc) is 3.17. The molecule has 0 unspecified atom stereocenters. The Kier molecular flexibility index (Phi) is 2.76. The lowest BCUT2D eigenvalue weighted by molar-refractivity contribution is 1.04. The fraction of sp³-hybridized carbons (Fsp3) is 0. The van der Waals surface area contributed by atoms with Gasteiger partial charge in [-0.3, -0.25) is 9.67 Å². The highest BCUT2D eigenvalue weighted by atomic mass is 32.1. The van der Waals surface area contributed by atoms with Crippen molar-refractivity contribution in [2.24, 2.45) is 0 Å². The molecule has 1 aromatic carbocycles. The van der Waals surface area contributed by atoms with E-state index in [4.69, 9.17) is 12.2 Å². The monoisotopic (exact) mass is 316 g/mol. The third-order valence-corrected chi connectivity index (χ3v) is 4.92. The number of nitrogens with zero attached hydrogens (tertiary/aromatic N) is 3. The van der Waals surface area contributed by atoms with Gasteiger partial charge in [-0.25, -0.2) is 4.98 Å². The second-order valence-corrected chi connectivity index (χ2v) is 6.39. The summed E-state index contributed by atoms with van der Waals surface area (Å²) in [5.74, 6) is 0.842. The van der Waals surface area contributed by atoms with E-state index in [-0.39, 0.29) is 0 Å². The van der Waals surface area contributed by atoms with Crippen LogP contribution in [0, 0.1) is 4.77 Å². The summed E-state index contributed by atoms with van der Waals surface area (Å²) in [6.45, 7) is 0. The SMILES string of the molecule is S=c1[nH]nc(-c2cccs2)n1-c1ccc2ncsc2c1. The minimum Gasteiger partial charge on any atom is -0.267 e. The Morgan fingerprint density at radius 2 is 2.15 bits per heavy atom. The molecule has 0 aliphatic carbocycles. The molecule has 4 aromatic rings. The number of aromatic nitrogens is 4. The fourth-order valence-corrected chi connectivity index (χ4v) is 3.74. The molecule has 0 aliphatic heterocycles. The van der Waals surface area contributed by atoms with Gasteiger partial charge >= 0.3 is 0 Å². The van der Waals surface area contributed by atoms with Crippen LogP contribution in [0.15, 0.2) is 41.2 Å². The van der Waals surface area contributed by atoms with Gasteiger partial charge < -0.3 is 0 Å². The number of thiophene rings is 1. The summed E-state index contributed by atoms with van der Waals surface area (Å²) in [7, 11) is 0. The van der Waals surface area contributed by atoms with Crippen molar-refractivity contribution in [3.05, 3.63) is 46.0 Å². The van der Waals surface area contributed by atoms with E-state index in [9.17, 15) is 0 Å². The first-order chi connectivity index (χ1) is 9.83. The Morgan fingerprint density at radius 3 is 3.00 bits per heavy atom. The van der Waals surface area contributed by atoms with Gasteiger partial charge in [-0.2, -0.15) is 5.10 Å². The lowest BCUT2D eigenvalue weighted by atomic mass is 10.3. The molecule has 3 heterocycles. The van der Waals surface area contributed by atoms with Crippen molar-refractivity contribution < 1.29 is 0 Å². The van der Waals surface area contributed by atoms with Crippen LogP contribution < -0.4 is 0 Å². The van der Waals surface area contributed by atoms with E-state index in [0.717, 1.165) is 26.6 Å². The highest BCUT2D eigenvalue weighted by molar-refractivity contribution is 7.71. The topological polar surface area (TPSA) is 46.5 Å². The predicted octanol–water partition coefficient (Wildman–Crippen LogP) is 4.27. The molecule has 4 nitrogen and oxygen atoms in total. The zero-order valence-electron chi connectivity index (χ0n) is 10.1. The standard InChI is InChI=1S/C13H8N4S3/c18-13-16-15-12(10-2-1-5-19-10)17(13)8-3-4-9-11(6-8)20-7-14-9/h1-7H,(H,16,18). The third-order valence-electron chi connectivity index (χ3n) is 2.99. The molecule has 0 amide bonds. The lowest BCUT2D eigenvalue weighted by Crippen LogP contribution is -1.96. The van der Waals surface area contributed by atoms with E-state index in [1.807, 2.05) is 39.7 Å². The molecular formula is C13H8N4S3. The molecule has 0 fully saturated rings. The average molecular weight is 316 g/mol. The van der Waals surface area contributed by atoms with Crippen molar-refractivity contribution in [1.82, 2.24) is 19.7 Å². The number of benzene rings is 1. The van der Waals surface area contributed by atoms with Crippen molar-refractivity contribution >= 4 is 45.1 Å². The predicted molar refractivity (Wildman–Crippen MR) is 85.2 cm³/mol. The zero-order chi connectivity index (χ0) is 13.5. The second kappa shape index (κ2) is 4.62. The summed E-state index contributed by atoms with van der Waals surface area (Å²) in [6.07, 6.45) is 0. The molecule has 1 N–H and O–H groups in total. The van der Waals surface area contributed by atoms with E-state index >= 15 is 0 Å². The Balaban J connectivity index is 1.97. The molecule has 0 radical (unpaired) electrons. The van der Waals surface area contributed by atoms with Gasteiger partial charge in [0.25, 0.3) is 0 Å². The quantitative estimate of drug-likeness (QED) is 0.562. The summed E-state index contributed by atoms with van der Waals surface area (Å²) >= 11 is 8.63. The van der Waals surface area contributed by atoms with Crippen LogP contribution in [0.2, 0.25) is 0 Å². The number of hydrogen-bond acceptors (Lipinski definition) is 5. The Hall–Kier alpha value is -1.83. The Labute approximate surface area is 127 Å². The van der Waals surface area contributed by atoms with Crippen LogP contribution >= 0.6 is 34.9 Å². The van der Waals surface area contributed by atoms with Crippen molar-refractivity contribution in [2.75, 3.05) is 0 Å². The number of H-pyrrole nitrogens is 1. The maximum Gasteiger partial charge on any atom is 0.200 e. The largest absolute Gasteiger partial charge is 0.267 e. The van der Waals surface area contributed by atoms with E-state index in [1.54, 1.807) is 22.7 Å². The zero-order valence-corrected chi connectivity index (χ0v) is 12.6. The van der Waals surface area contributed by atoms with E-state index in [2.05, 4.69) is 21.2 Å². The van der Waals surface area contributed by atoms with E-state index < -0.39 is 0 Å². The molecule has 4 rings (SSSR count). The molecule has 98 valence electrons. The van der Waals surface area contributed by atoms with Gasteiger partial charge in [-0.1, -0.05) is 6.07 Å². The Bertz CT molecular complexity index is 930. The minimum absolute atomic E-state index is 0.595. The molecule has 0 atom stereocenters. The van der Waals surface area contributed by atoms with Crippen molar-refractivity contribution in [2.45, 2.75) is 0 Å². The molecule has 7 heteroatoms. The van der Waals surface area contributed by atoms with Gasteiger partial charge in [-0.15, -0.1) is 22.7 Å². The van der Waals surface area contributed by atoms with Crippen molar-refractivity contribution in [1.29, 1.82) is 0 Å². The first-order valence-electron chi connectivity index (χ1n) is 5.88. The number of aromatic amines is 1. The lowest BCUT2D eigenvalue weighted by Gasteiger charge is -2.05. The summed E-state index contributed by atoms with van der Waals surface area (Å²) in [6, 6.07) is 10.2. The summed E-state index contributed by atoms with van der Waals surface area (Å²) in [5.41, 5.74) is 3.86. The maximum atomic E-state index is 5.37. The van der Waals surface area contributed by atoms with Crippen molar-refractivity contribution in [3.8, 4) is 16.4 Å². The Morgan fingerprint density at radius 1 is 1.20 bits per heavy atom. The number of hydrogen-bond donors (Lipinski definition) is 1. The molecule has 0 bridgehead atoms. The van der Waals surface area contributed by atoms with Crippen LogP contribution in [0.4, 0.5) is 0 Å². The van der Waals surface area contributed by atoms with Crippen LogP contribution in [0.25, 0.3) is 26.6 Å². The summed E-state index contributed by atoms with van der Waals surface area (Å²) in [4.78, 5) is 5.38. The number of thiazole rings is 1. The van der Waals surface area contributed by atoms with Crippen molar-refractivity contribution in [3.63, 3.8) is 0 Å². The van der Waals surface area contributed by atoms with Crippen LogP contribution in [-0.2, 0) is 0 Å². The number of nitrogens with one attached hydrogen (secondary N) is 1. The first kappa shape index (κ1) is 12.0. The minimum atomic E-state index is 0.595. The van der Waals surface area contributed by atoms with Gasteiger partial charge in [-0.05, 0) is 41.9 Å². The van der Waals surface area contributed by atoms with Crippen LogP contribution in [0.1, 0.15) is 0 Å². The molecule has 0 aliphatic rings.